The standard InChI is InChI=1S/C17H17N5OS/c23-17(12-3-1-6-18-10-12)19-13-5-7-22(11-13)16-9-14(20-21-16)15-4-2-8-24-15/h1-4,6,8-10,13H,5,7,11H2,(H,19,23)(H,20,21)/t13-/m0/s1. The number of anilines is 1. The highest BCUT2D eigenvalue weighted by atomic mass is 32.1. The number of thiophene rings is 1. The Hall–Kier alpha value is -2.67. The van der Waals surface area contributed by atoms with Gasteiger partial charge < -0.3 is 10.2 Å². The Balaban J connectivity index is 1.39. The second-order valence-corrected chi connectivity index (χ2v) is 6.71. The van der Waals surface area contributed by atoms with Crippen molar-refractivity contribution in [2.24, 2.45) is 0 Å². The van der Waals surface area contributed by atoms with Crippen molar-refractivity contribution >= 4 is 23.1 Å². The van der Waals surface area contributed by atoms with E-state index in [1.54, 1.807) is 35.9 Å². The van der Waals surface area contributed by atoms with Gasteiger partial charge in [-0.3, -0.25) is 14.9 Å². The number of hydrogen-bond donors (Lipinski definition) is 2. The molecule has 1 aliphatic heterocycles. The summed E-state index contributed by atoms with van der Waals surface area (Å²) in [5.74, 6) is 0.854. The van der Waals surface area contributed by atoms with Gasteiger partial charge in [-0.05, 0) is 30.0 Å². The fraction of sp³-hybridized carbons (Fsp3) is 0.235. The van der Waals surface area contributed by atoms with Crippen molar-refractivity contribution in [2.75, 3.05) is 18.0 Å². The van der Waals surface area contributed by atoms with Crippen LogP contribution in [0.2, 0.25) is 0 Å². The fourth-order valence-corrected chi connectivity index (χ4v) is 3.58. The highest BCUT2D eigenvalue weighted by Crippen LogP contribution is 2.27. The largest absolute Gasteiger partial charge is 0.353 e. The smallest absolute Gasteiger partial charge is 0.253 e. The average Bonchev–Trinajstić information content (AvgIpc) is 3.36. The molecule has 7 heteroatoms. The van der Waals surface area contributed by atoms with Crippen molar-refractivity contribution < 1.29 is 4.79 Å². The summed E-state index contributed by atoms with van der Waals surface area (Å²) in [5.41, 5.74) is 1.62. The molecular weight excluding hydrogens is 322 g/mol. The van der Waals surface area contributed by atoms with Crippen LogP contribution in [-0.2, 0) is 0 Å². The maximum atomic E-state index is 12.2. The van der Waals surface area contributed by atoms with Crippen LogP contribution in [0, 0.1) is 0 Å². The second-order valence-electron chi connectivity index (χ2n) is 5.76. The third-order valence-corrected chi connectivity index (χ3v) is 5.03. The van der Waals surface area contributed by atoms with E-state index < -0.39 is 0 Å². The molecule has 4 rings (SSSR count). The van der Waals surface area contributed by atoms with Crippen molar-refractivity contribution in [1.29, 1.82) is 0 Å². The van der Waals surface area contributed by atoms with E-state index in [0.29, 0.717) is 5.56 Å². The minimum Gasteiger partial charge on any atom is -0.353 e. The van der Waals surface area contributed by atoms with E-state index in [2.05, 4.69) is 42.9 Å². The summed E-state index contributed by atoms with van der Waals surface area (Å²) < 4.78 is 0. The first-order chi connectivity index (χ1) is 11.8. The molecule has 3 aromatic heterocycles. The van der Waals surface area contributed by atoms with E-state index in [9.17, 15) is 4.79 Å². The molecule has 1 atom stereocenters. The summed E-state index contributed by atoms with van der Waals surface area (Å²) in [4.78, 5) is 19.6. The SMILES string of the molecule is O=C(N[C@H]1CCN(c2cc(-c3cccs3)[nH]n2)C1)c1cccnc1. The summed E-state index contributed by atoms with van der Waals surface area (Å²) >= 11 is 1.69. The average molecular weight is 339 g/mol. The molecular formula is C17H17N5OS. The second kappa shape index (κ2) is 6.45. The van der Waals surface area contributed by atoms with Gasteiger partial charge in [0.2, 0.25) is 0 Å². The van der Waals surface area contributed by atoms with Crippen LogP contribution in [0.1, 0.15) is 16.8 Å². The molecule has 1 fully saturated rings. The molecule has 4 heterocycles. The monoisotopic (exact) mass is 339 g/mol. The van der Waals surface area contributed by atoms with Crippen LogP contribution in [0.5, 0.6) is 0 Å². The Morgan fingerprint density at radius 3 is 3.12 bits per heavy atom. The van der Waals surface area contributed by atoms with Crippen molar-refractivity contribution in [3.05, 3.63) is 53.7 Å². The predicted molar refractivity (Wildman–Crippen MR) is 94.2 cm³/mol. The van der Waals surface area contributed by atoms with Crippen LogP contribution in [0.4, 0.5) is 5.82 Å². The first kappa shape index (κ1) is 14.9. The number of aromatic nitrogens is 3. The molecule has 0 unspecified atom stereocenters. The molecule has 3 aromatic rings. The van der Waals surface area contributed by atoms with Crippen molar-refractivity contribution in [2.45, 2.75) is 12.5 Å². The number of nitrogens with one attached hydrogen (secondary N) is 2. The van der Waals surface area contributed by atoms with Gasteiger partial charge in [-0.2, -0.15) is 5.10 Å². The summed E-state index contributed by atoms with van der Waals surface area (Å²) in [6.45, 7) is 1.65. The van der Waals surface area contributed by atoms with Crippen LogP contribution in [0.15, 0.2) is 48.1 Å². The Morgan fingerprint density at radius 2 is 2.33 bits per heavy atom. The Kier molecular flexibility index (Phi) is 4.00. The van der Waals surface area contributed by atoms with Crippen molar-refractivity contribution in [1.82, 2.24) is 20.5 Å². The number of carbonyl (C=O) groups excluding carboxylic acids is 1. The van der Waals surface area contributed by atoms with E-state index in [4.69, 9.17) is 0 Å². The van der Waals surface area contributed by atoms with Crippen LogP contribution in [-0.4, -0.2) is 40.2 Å². The van der Waals surface area contributed by atoms with Crippen molar-refractivity contribution in [3.63, 3.8) is 0 Å². The number of carbonyl (C=O) groups is 1. The maximum absolute atomic E-state index is 12.2. The number of rotatable bonds is 4. The molecule has 2 N–H and O–H groups in total. The molecule has 0 radical (unpaired) electrons. The molecule has 6 nitrogen and oxygen atoms in total. The van der Waals surface area contributed by atoms with Gasteiger partial charge in [0.05, 0.1) is 16.1 Å². The first-order valence-electron chi connectivity index (χ1n) is 7.85. The molecule has 0 spiro atoms. The molecule has 1 amide bonds. The zero-order valence-electron chi connectivity index (χ0n) is 13.0. The lowest BCUT2D eigenvalue weighted by molar-refractivity contribution is 0.0940. The van der Waals surface area contributed by atoms with Gasteiger partial charge >= 0.3 is 0 Å². The highest BCUT2D eigenvalue weighted by molar-refractivity contribution is 7.13. The number of hydrogen-bond acceptors (Lipinski definition) is 5. The molecule has 1 aliphatic rings. The quantitative estimate of drug-likeness (QED) is 0.766. The third-order valence-electron chi connectivity index (χ3n) is 4.12. The van der Waals surface area contributed by atoms with Gasteiger partial charge in [0.1, 0.15) is 0 Å². The van der Waals surface area contributed by atoms with Gasteiger partial charge in [-0.1, -0.05) is 6.07 Å². The first-order valence-corrected chi connectivity index (χ1v) is 8.73. The van der Waals surface area contributed by atoms with Gasteiger partial charge in [0, 0.05) is 37.6 Å². The summed E-state index contributed by atoms with van der Waals surface area (Å²) in [6.07, 6.45) is 4.16. The van der Waals surface area contributed by atoms with E-state index in [1.165, 1.54) is 4.88 Å². The molecule has 0 bridgehead atoms. The van der Waals surface area contributed by atoms with Gasteiger partial charge in [-0.15, -0.1) is 11.3 Å². The predicted octanol–water partition coefficient (Wildman–Crippen LogP) is 2.54. The molecule has 122 valence electrons. The van der Waals surface area contributed by atoms with E-state index >= 15 is 0 Å². The molecule has 0 aliphatic carbocycles. The number of nitrogens with zero attached hydrogens (tertiary/aromatic N) is 3. The Morgan fingerprint density at radius 1 is 1.38 bits per heavy atom. The van der Waals surface area contributed by atoms with Crippen LogP contribution in [0.25, 0.3) is 10.6 Å². The summed E-state index contributed by atoms with van der Waals surface area (Å²) in [6, 6.07) is 9.84. The Bertz CT molecular complexity index is 815. The maximum Gasteiger partial charge on any atom is 0.253 e. The Labute approximate surface area is 143 Å². The lowest BCUT2D eigenvalue weighted by Crippen LogP contribution is -2.37. The van der Waals surface area contributed by atoms with E-state index in [0.717, 1.165) is 31.0 Å². The third kappa shape index (κ3) is 3.03. The van der Waals surface area contributed by atoms with Crippen LogP contribution in [0.3, 0.4) is 0 Å². The molecule has 0 saturated carbocycles. The lowest BCUT2D eigenvalue weighted by Gasteiger charge is -2.16. The van der Waals surface area contributed by atoms with Crippen LogP contribution >= 0.6 is 11.3 Å². The van der Waals surface area contributed by atoms with Crippen LogP contribution < -0.4 is 10.2 Å². The van der Waals surface area contributed by atoms with Gasteiger partial charge in [0.15, 0.2) is 5.82 Å². The lowest BCUT2D eigenvalue weighted by atomic mass is 10.2. The topological polar surface area (TPSA) is 73.9 Å². The van der Waals surface area contributed by atoms with Gasteiger partial charge in [-0.25, -0.2) is 0 Å². The minimum absolute atomic E-state index is 0.0729. The highest BCUT2D eigenvalue weighted by Gasteiger charge is 2.26. The van der Waals surface area contributed by atoms with Gasteiger partial charge in [0.25, 0.3) is 5.91 Å². The van der Waals surface area contributed by atoms with Crippen molar-refractivity contribution in [3.8, 4) is 10.6 Å². The number of aromatic amines is 1. The fourth-order valence-electron chi connectivity index (χ4n) is 2.88. The van der Waals surface area contributed by atoms with E-state index in [1.807, 2.05) is 6.07 Å². The number of pyridine rings is 1. The zero-order chi connectivity index (χ0) is 16.4. The molecule has 1 saturated heterocycles. The summed E-state index contributed by atoms with van der Waals surface area (Å²) in [5, 5.41) is 12.6. The minimum atomic E-state index is -0.0729. The molecule has 0 aromatic carbocycles. The summed E-state index contributed by atoms with van der Waals surface area (Å²) in [7, 11) is 0. The van der Waals surface area contributed by atoms with E-state index in [-0.39, 0.29) is 11.9 Å². The number of H-pyrrole nitrogens is 1. The number of amides is 1. The zero-order valence-corrected chi connectivity index (χ0v) is 13.8. The normalized spacial score (nSPS) is 17.2. The molecule has 24 heavy (non-hydrogen) atoms.